The van der Waals surface area contributed by atoms with Crippen LogP contribution in [0.5, 0.6) is 17.2 Å². The van der Waals surface area contributed by atoms with Crippen molar-refractivity contribution in [2.24, 2.45) is 0 Å². The fourth-order valence-corrected chi connectivity index (χ4v) is 2.83. The molecule has 0 amide bonds. The Morgan fingerprint density at radius 2 is 1.29 bits per heavy atom. The van der Waals surface area contributed by atoms with Gasteiger partial charge in [-0.05, 0) is 22.6 Å². The van der Waals surface area contributed by atoms with Crippen LogP contribution in [0.25, 0.3) is 10.8 Å². The van der Waals surface area contributed by atoms with Gasteiger partial charge in [-0.15, -0.1) is 0 Å². The van der Waals surface area contributed by atoms with E-state index in [0.29, 0.717) is 17.2 Å². The van der Waals surface area contributed by atoms with E-state index < -0.39 is 0 Å². The largest absolute Gasteiger partial charge is 0.492 e. The standard InChI is InChI=1S/C13H13IO3/c1-15-11-9-7-5-4-6-8(9)10(14)12(16-2)13(11)17-3/h4-7H,1-3H3. The molecule has 3 nitrogen and oxygen atoms in total. The molecule has 0 radical (unpaired) electrons. The van der Waals surface area contributed by atoms with Crippen molar-refractivity contribution in [1.82, 2.24) is 0 Å². The van der Waals surface area contributed by atoms with Gasteiger partial charge in [-0.2, -0.15) is 0 Å². The van der Waals surface area contributed by atoms with Crippen LogP contribution in [0.4, 0.5) is 0 Å². The highest BCUT2D eigenvalue weighted by Crippen LogP contribution is 2.46. The van der Waals surface area contributed by atoms with Crippen LogP contribution in [-0.4, -0.2) is 21.3 Å². The first kappa shape index (κ1) is 12.3. The molecule has 0 bridgehead atoms. The minimum Gasteiger partial charge on any atom is -0.492 e. The second kappa shape index (κ2) is 5.00. The monoisotopic (exact) mass is 344 g/mol. The molecule has 17 heavy (non-hydrogen) atoms. The van der Waals surface area contributed by atoms with Crippen LogP contribution in [0.2, 0.25) is 0 Å². The number of hydrogen-bond donors (Lipinski definition) is 0. The molecule has 0 aliphatic carbocycles. The summed E-state index contributed by atoms with van der Waals surface area (Å²) >= 11 is 2.26. The molecule has 4 heteroatoms. The molecule has 2 rings (SSSR count). The van der Waals surface area contributed by atoms with Crippen molar-refractivity contribution in [1.29, 1.82) is 0 Å². The Bertz CT molecular complexity index is 552. The molecule has 0 unspecified atom stereocenters. The van der Waals surface area contributed by atoms with Crippen LogP contribution >= 0.6 is 22.6 Å². The van der Waals surface area contributed by atoms with Crippen LogP contribution < -0.4 is 14.2 Å². The quantitative estimate of drug-likeness (QED) is 0.798. The zero-order valence-electron chi connectivity index (χ0n) is 9.91. The maximum Gasteiger partial charge on any atom is 0.205 e. The van der Waals surface area contributed by atoms with Crippen molar-refractivity contribution in [2.75, 3.05) is 21.3 Å². The average molecular weight is 344 g/mol. The number of halogens is 1. The summed E-state index contributed by atoms with van der Waals surface area (Å²) in [4.78, 5) is 0. The van der Waals surface area contributed by atoms with Gasteiger partial charge in [0.15, 0.2) is 11.5 Å². The van der Waals surface area contributed by atoms with Crippen molar-refractivity contribution >= 4 is 33.4 Å². The van der Waals surface area contributed by atoms with E-state index in [2.05, 4.69) is 22.6 Å². The van der Waals surface area contributed by atoms with Crippen molar-refractivity contribution in [3.05, 3.63) is 27.8 Å². The molecule has 0 aliphatic heterocycles. The highest BCUT2D eigenvalue weighted by atomic mass is 127. The molecular formula is C13H13IO3. The Labute approximate surface area is 114 Å². The van der Waals surface area contributed by atoms with E-state index in [1.807, 2.05) is 24.3 Å². The van der Waals surface area contributed by atoms with E-state index in [9.17, 15) is 0 Å². The average Bonchev–Trinajstić information content (AvgIpc) is 2.38. The normalized spacial score (nSPS) is 10.4. The fourth-order valence-electron chi connectivity index (χ4n) is 1.89. The first-order valence-corrected chi connectivity index (χ1v) is 6.18. The van der Waals surface area contributed by atoms with Gasteiger partial charge in [0.05, 0.1) is 24.9 Å². The van der Waals surface area contributed by atoms with Gasteiger partial charge >= 0.3 is 0 Å². The van der Waals surface area contributed by atoms with E-state index >= 15 is 0 Å². The predicted octanol–water partition coefficient (Wildman–Crippen LogP) is 3.47. The molecule has 0 saturated carbocycles. The summed E-state index contributed by atoms with van der Waals surface area (Å²) in [7, 11) is 4.88. The van der Waals surface area contributed by atoms with E-state index in [1.165, 1.54) is 0 Å². The molecule has 0 N–H and O–H groups in total. The van der Waals surface area contributed by atoms with Crippen LogP contribution in [0.1, 0.15) is 0 Å². The summed E-state index contributed by atoms with van der Waals surface area (Å²) in [6.45, 7) is 0. The van der Waals surface area contributed by atoms with Crippen molar-refractivity contribution in [3.63, 3.8) is 0 Å². The topological polar surface area (TPSA) is 27.7 Å². The highest BCUT2D eigenvalue weighted by molar-refractivity contribution is 14.1. The van der Waals surface area contributed by atoms with Gasteiger partial charge in [-0.3, -0.25) is 0 Å². The lowest BCUT2D eigenvalue weighted by Gasteiger charge is -2.16. The summed E-state index contributed by atoms with van der Waals surface area (Å²) in [5.41, 5.74) is 0. The number of benzene rings is 2. The minimum atomic E-state index is 0.637. The third-order valence-electron chi connectivity index (χ3n) is 2.63. The summed E-state index contributed by atoms with van der Waals surface area (Å²) < 4.78 is 17.3. The van der Waals surface area contributed by atoms with Gasteiger partial charge in [0.25, 0.3) is 0 Å². The number of fused-ring (bicyclic) bond motifs is 1. The number of ether oxygens (including phenoxy) is 3. The van der Waals surface area contributed by atoms with Crippen LogP contribution in [-0.2, 0) is 0 Å². The summed E-state index contributed by atoms with van der Waals surface area (Å²) in [5.74, 6) is 2.06. The van der Waals surface area contributed by atoms with Gasteiger partial charge < -0.3 is 14.2 Å². The molecule has 90 valence electrons. The Hall–Kier alpha value is -1.17. The third kappa shape index (κ3) is 1.90. The minimum absolute atomic E-state index is 0.637. The molecule has 0 aromatic heterocycles. The van der Waals surface area contributed by atoms with Crippen LogP contribution in [0.3, 0.4) is 0 Å². The Morgan fingerprint density at radius 3 is 1.82 bits per heavy atom. The van der Waals surface area contributed by atoms with E-state index in [-0.39, 0.29) is 0 Å². The molecule has 0 spiro atoms. The van der Waals surface area contributed by atoms with Gasteiger partial charge in [-0.25, -0.2) is 0 Å². The number of hydrogen-bond acceptors (Lipinski definition) is 3. The molecule has 0 saturated heterocycles. The molecule has 0 atom stereocenters. The van der Waals surface area contributed by atoms with Crippen LogP contribution in [0.15, 0.2) is 24.3 Å². The van der Waals surface area contributed by atoms with E-state index in [4.69, 9.17) is 14.2 Å². The predicted molar refractivity (Wildman–Crippen MR) is 76.3 cm³/mol. The van der Waals surface area contributed by atoms with Gasteiger partial charge in [0.2, 0.25) is 5.75 Å². The zero-order chi connectivity index (χ0) is 12.4. The van der Waals surface area contributed by atoms with Crippen molar-refractivity contribution in [2.45, 2.75) is 0 Å². The van der Waals surface area contributed by atoms with Crippen molar-refractivity contribution < 1.29 is 14.2 Å². The number of rotatable bonds is 3. The summed E-state index contributed by atoms with van der Waals surface area (Å²) in [6.07, 6.45) is 0. The molecule has 0 heterocycles. The lowest BCUT2D eigenvalue weighted by atomic mass is 10.1. The maximum absolute atomic E-state index is 5.44. The Morgan fingerprint density at radius 1 is 0.765 bits per heavy atom. The van der Waals surface area contributed by atoms with Gasteiger partial charge in [-0.1, -0.05) is 24.3 Å². The van der Waals surface area contributed by atoms with Crippen LogP contribution in [0, 0.1) is 3.57 Å². The lowest BCUT2D eigenvalue weighted by molar-refractivity contribution is 0.326. The van der Waals surface area contributed by atoms with Crippen molar-refractivity contribution in [3.8, 4) is 17.2 Å². The second-order valence-corrected chi connectivity index (χ2v) is 4.54. The summed E-state index contributed by atoms with van der Waals surface area (Å²) in [5, 5.41) is 2.12. The van der Waals surface area contributed by atoms with E-state index in [1.54, 1.807) is 21.3 Å². The first-order chi connectivity index (χ1) is 8.24. The molecule has 0 fully saturated rings. The lowest BCUT2D eigenvalue weighted by Crippen LogP contribution is -1.98. The fraction of sp³-hybridized carbons (Fsp3) is 0.231. The Balaban J connectivity index is 2.93. The smallest absolute Gasteiger partial charge is 0.205 e. The molecular weight excluding hydrogens is 331 g/mol. The highest BCUT2D eigenvalue weighted by Gasteiger charge is 2.19. The molecule has 2 aromatic rings. The molecule has 2 aromatic carbocycles. The SMILES string of the molecule is COc1c(OC)c(OC)c2ccccc2c1I. The number of methoxy groups -OCH3 is 3. The zero-order valence-corrected chi connectivity index (χ0v) is 12.1. The first-order valence-electron chi connectivity index (χ1n) is 5.10. The molecule has 0 aliphatic rings. The maximum atomic E-state index is 5.44. The second-order valence-electron chi connectivity index (χ2n) is 3.46. The van der Waals surface area contributed by atoms with E-state index in [0.717, 1.165) is 14.3 Å². The van der Waals surface area contributed by atoms with Gasteiger partial charge in [0, 0.05) is 10.8 Å². The third-order valence-corrected chi connectivity index (χ3v) is 3.70. The summed E-state index contributed by atoms with van der Waals surface area (Å²) in [6, 6.07) is 8.03. The van der Waals surface area contributed by atoms with Gasteiger partial charge in [0.1, 0.15) is 0 Å². The Kier molecular flexibility index (Phi) is 3.61.